The average molecular weight is 435 g/mol. The minimum absolute atomic E-state index is 0.221. The second-order valence-electron chi connectivity index (χ2n) is 7.63. The number of anilines is 2. The molecule has 2 aromatic rings. The van der Waals surface area contributed by atoms with E-state index in [1.165, 1.54) is 5.01 Å². The summed E-state index contributed by atoms with van der Waals surface area (Å²) in [6, 6.07) is 10.5. The molecule has 2 aromatic carbocycles. The van der Waals surface area contributed by atoms with Crippen molar-refractivity contribution >= 4 is 29.1 Å². The van der Waals surface area contributed by atoms with Crippen LogP contribution in [0.3, 0.4) is 0 Å². The van der Waals surface area contributed by atoms with E-state index in [2.05, 4.69) is 15.7 Å². The molecular formula is C22H21N5O5. The van der Waals surface area contributed by atoms with Gasteiger partial charge in [-0.2, -0.15) is 5.11 Å². The molecule has 0 aliphatic carbocycles. The van der Waals surface area contributed by atoms with Crippen LogP contribution < -0.4 is 19.7 Å². The first kappa shape index (κ1) is 20.0. The van der Waals surface area contributed by atoms with E-state index in [0.717, 1.165) is 16.9 Å². The minimum atomic E-state index is -0.949. The van der Waals surface area contributed by atoms with Crippen LogP contribution in [-0.2, 0) is 20.8 Å². The first-order valence-electron chi connectivity index (χ1n) is 10.4. The maximum atomic E-state index is 13.0. The molecular weight excluding hydrogens is 414 g/mol. The van der Waals surface area contributed by atoms with Crippen LogP contribution >= 0.6 is 0 Å². The molecule has 0 spiro atoms. The molecule has 0 aromatic heterocycles. The van der Waals surface area contributed by atoms with Gasteiger partial charge in [-0.1, -0.05) is 24.3 Å². The number of hydrogen-bond donors (Lipinski definition) is 1. The van der Waals surface area contributed by atoms with Gasteiger partial charge in [-0.25, -0.2) is 4.90 Å². The van der Waals surface area contributed by atoms with Gasteiger partial charge in [0.05, 0.1) is 5.69 Å². The van der Waals surface area contributed by atoms with Crippen molar-refractivity contribution in [3.05, 3.63) is 48.0 Å². The SMILES string of the molecule is CCc1ccc(N2C(=O)[C@@H]3[C@@H](N=NN3CC(=O)Nc3ccc4c(c3)OCCO4)C2=O)cc1. The fraction of sp³-hybridized carbons (Fsp3) is 0.318. The van der Waals surface area contributed by atoms with Crippen LogP contribution in [0.1, 0.15) is 12.5 Å². The van der Waals surface area contributed by atoms with Gasteiger partial charge >= 0.3 is 0 Å². The van der Waals surface area contributed by atoms with E-state index in [4.69, 9.17) is 9.47 Å². The van der Waals surface area contributed by atoms with Gasteiger partial charge in [0.2, 0.25) is 5.91 Å². The van der Waals surface area contributed by atoms with Crippen molar-refractivity contribution in [3.8, 4) is 11.5 Å². The Bertz CT molecular complexity index is 1120. The predicted molar refractivity (Wildman–Crippen MR) is 114 cm³/mol. The van der Waals surface area contributed by atoms with Crippen LogP contribution in [0.15, 0.2) is 52.8 Å². The van der Waals surface area contributed by atoms with Gasteiger partial charge < -0.3 is 14.8 Å². The molecule has 5 rings (SSSR count). The molecule has 1 fully saturated rings. The summed E-state index contributed by atoms with van der Waals surface area (Å²) in [5, 5.41) is 11.9. The Morgan fingerprint density at radius 3 is 2.56 bits per heavy atom. The van der Waals surface area contributed by atoms with E-state index in [1.54, 1.807) is 30.3 Å². The molecule has 3 aliphatic rings. The summed E-state index contributed by atoms with van der Waals surface area (Å²) in [5.74, 6) is -0.111. The maximum Gasteiger partial charge on any atom is 0.263 e. The van der Waals surface area contributed by atoms with Crippen molar-refractivity contribution in [3.63, 3.8) is 0 Å². The Labute approximate surface area is 183 Å². The van der Waals surface area contributed by atoms with Gasteiger partial charge in [0.1, 0.15) is 19.8 Å². The molecule has 0 bridgehead atoms. The number of hydrogen-bond acceptors (Lipinski definition) is 8. The lowest BCUT2D eigenvalue weighted by molar-refractivity contribution is -0.123. The molecule has 0 radical (unpaired) electrons. The van der Waals surface area contributed by atoms with Crippen molar-refractivity contribution in [2.24, 2.45) is 10.3 Å². The third-order valence-corrected chi connectivity index (χ3v) is 5.59. The molecule has 3 amide bonds. The molecule has 2 atom stereocenters. The van der Waals surface area contributed by atoms with E-state index in [1.807, 2.05) is 19.1 Å². The van der Waals surface area contributed by atoms with Crippen LogP contribution in [0.25, 0.3) is 0 Å². The molecule has 10 heteroatoms. The zero-order chi connectivity index (χ0) is 22.2. The molecule has 3 aliphatic heterocycles. The normalized spacial score (nSPS) is 21.2. The van der Waals surface area contributed by atoms with E-state index < -0.39 is 29.8 Å². The number of benzene rings is 2. The first-order valence-corrected chi connectivity index (χ1v) is 10.4. The topological polar surface area (TPSA) is 113 Å². The van der Waals surface area contributed by atoms with Crippen LogP contribution in [0, 0.1) is 0 Å². The van der Waals surface area contributed by atoms with Crippen LogP contribution in [-0.4, -0.2) is 54.6 Å². The lowest BCUT2D eigenvalue weighted by Gasteiger charge is -2.21. The second-order valence-corrected chi connectivity index (χ2v) is 7.63. The molecule has 32 heavy (non-hydrogen) atoms. The first-order chi connectivity index (χ1) is 15.5. The molecule has 3 heterocycles. The van der Waals surface area contributed by atoms with E-state index in [-0.39, 0.29) is 6.54 Å². The number of imide groups is 1. The Morgan fingerprint density at radius 1 is 1.06 bits per heavy atom. The number of nitrogens with zero attached hydrogens (tertiary/aromatic N) is 4. The number of nitrogens with one attached hydrogen (secondary N) is 1. The van der Waals surface area contributed by atoms with Crippen LogP contribution in [0.4, 0.5) is 11.4 Å². The molecule has 0 unspecified atom stereocenters. The summed E-state index contributed by atoms with van der Waals surface area (Å²) in [7, 11) is 0. The fourth-order valence-corrected chi connectivity index (χ4v) is 3.96. The lowest BCUT2D eigenvalue weighted by Crippen LogP contribution is -2.43. The summed E-state index contributed by atoms with van der Waals surface area (Å²) in [6.07, 6.45) is 0.855. The Morgan fingerprint density at radius 2 is 1.81 bits per heavy atom. The number of fused-ring (bicyclic) bond motifs is 2. The Kier molecular flexibility index (Phi) is 4.96. The summed E-state index contributed by atoms with van der Waals surface area (Å²) in [4.78, 5) is 39.6. The molecule has 10 nitrogen and oxygen atoms in total. The summed E-state index contributed by atoms with van der Waals surface area (Å²) in [6.45, 7) is 2.73. The zero-order valence-corrected chi connectivity index (χ0v) is 17.4. The molecule has 164 valence electrons. The number of amides is 3. The Hall–Kier alpha value is -3.95. The van der Waals surface area contributed by atoms with Crippen molar-refractivity contribution in [1.29, 1.82) is 0 Å². The highest BCUT2D eigenvalue weighted by Crippen LogP contribution is 2.34. The third kappa shape index (κ3) is 3.43. The number of carbonyl (C=O) groups is 3. The van der Waals surface area contributed by atoms with Crippen LogP contribution in [0.5, 0.6) is 11.5 Å². The largest absolute Gasteiger partial charge is 0.486 e. The highest BCUT2D eigenvalue weighted by atomic mass is 16.6. The molecule has 1 saturated heterocycles. The standard InChI is InChI=1S/C22H21N5O5/c1-2-13-3-6-15(7-4-13)27-21(29)19-20(22(27)30)26(25-24-19)12-18(28)23-14-5-8-16-17(11-14)32-10-9-31-16/h3-8,11,19-20H,2,9-10,12H2,1H3,(H,23,28)/t19-,20+/m1/s1. The van der Waals surface area contributed by atoms with E-state index >= 15 is 0 Å². The number of rotatable bonds is 5. The van der Waals surface area contributed by atoms with Crippen molar-refractivity contribution in [2.75, 3.05) is 30.0 Å². The maximum absolute atomic E-state index is 13.0. The van der Waals surface area contributed by atoms with Crippen molar-refractivity contribution in [2.45, 2.75) is 25.4 Å². The number of carbonyl (C=O) groups excluding carboxylic acids is 3. The monoisotopic (exact) mass is 435 g/mol. The quantitative estimate of drug-likeness (QED) is 0.719. The van der Waals surface area contributed by atoms with Crippen molar-refractivity contribution < 1.29 is 23.9 Å². The van der Waals surface area contributed by atoms with Gasteiger partial charge in [0.25, 0.3) is 11.8 Å². The van der Waals surface area contributed by atoms with Gasteiger partial charge in [-0.05, 0) is 36.2 Å². The molecule has 1 N–H and O–H groups in total. The van der Waals surface area contributed by atoms with Gasteiger partial charge in [0, 0.05) is 11.8 Å². The zero-order valence-electron chi connectivity index (χ0n) is 17.4. The van der Waals surface area contributed by atoms with E-state index in [0.29, 0.717) is 36.1 Å². The van der Waals surface area contributed by atoms with Crippen LogP contribution in [0.2, 0.25) is 0 Å². The number of ether oxygens (including phenoxy) is 2. The van der Waals surface area contributed by atoms with Gasteiger partial charge in [-0.15, -0.1) is 0 Å². The Balaban J connectivity index is 1.27. The second kappa shape index (κ2) is 7.95. The van der Waals surface area contributed by atoms with E-state index in [9.17, 15) is 14.4 Å². The number of aryl methyl sites for hydroxylation is 1. The highest BCUT2D eigenvalue weighted by molar-refractivity contribution is 6.25. The average Bonchev–Trinajstić information content (AvgIpc) is 3.33. The molecule has 0 saturated carbocycles. The third-order valence-electron chi connectivity index (χ3n) is 5.59. The lowest BCUT2D eigenvalue weighted by atomic mass is 10.1. The van der Waals surface area contributed by atoms with Gasteiger partial charge in [0.15, 0.2) is 23.6 Å². The van der Waals surface area contributed by atoms with Crippen molar-refractivity contribution in [1.82, 2.24) is 5.01 Å². The van der Waals surface area contributed by atoms with Gasteiger partial charge in [-0.3, -0.25) is 19.4 Å². The summed E-state index contributed by atoms with van der Waals surface area (Å²) in [5.41, 5.74) is 2.12. The smallest absolute Gasteiger partial charge is 0.263 e. The summed E-state index contributed by atoms with van der Waals surface area (Å²) >= 11 is 0. The minimum Gasteiger partial charge on any atom is -0.486 e. The summed E-state index contributed by atoms with van der Waals surface area (Å²) < 4.78 is 11.0. The predicted octanol–water partition coefficient (Wildman–Crippen LogP) is 1.95. The fourth-order valence-electron chi connectivity index (χ4n) is 3.96. The highest BCUT2D eigenvalue weighted by Gasteiger charge is 2.55.